The molecule has 4 N–H and O–H groups in total. The van der Waals surface area contributed by atoms with E-state index in [4.69, 9.17) is 10.5 Å². The van der Waals surface area contributed by atoms with Crippen LogP contribution in [0.25, 0.3) is 39.3 Å². The number of imidazole rings is 2. The molecular weight excluding hydrogens is 455 g/mol. The molecule has 3 heterocycles. The first-order chi connectivity index (χ1) is 16.2. The topological polar surface area (TPSA) is 145 Å². The smallest absolute Gasteiger partial charge is 0.449 e. The van der Waals surface area contributed by atoms with Crippen LogP contribution in [0, 0.1) is 0 Å². The molecule has 0 radical (unpaired) electrons. The SMILES string of the molecule is COc1cccc(-n2c(=O)[nH]c3c(C(N)=O)nc(-c4ccc5nc(C(F)(F)F)[nH]c5c4)nc32)c1. The highest BCUT2D eigenvalue weighted by Gasteiger charge is 2.34. The van der Waals surface area contributed by atoms with E-state index in [9.17, 15) is 22.8 Å². The fraction of sp³-hybridized carbons (Fsp3) is 0.0952. The Kier molecular flexibility index (Phi) is 4.63. The number of carbonyl (C=O) groups is 1. The molecular formula is C21H14F3N7O3. The van der Waals surface area contributed by atoms with Crippen LogP contribution < -0.4 is 16.2 Å². The van der Waals surface area contributed by atoms with Crippen molar-refractivity contribution in [3.8, 4) is 22.8 Å². The van der Waals surface area contributed by atoms with E-state index in [2.05, 4.69) is 24.9 Å². The zero-order valence-corrected chi connectivity index (χ0v) is 17.3. The minimum absolute atomic E-state index is 0.0195. The molecule has 0 saturated heterocycles. The number of benzene rings is 2. The lowest BCUT2D eigenvalue weighted by Crippen LogP contribution is -2.15. The Morgan fingerprint density at radius 3 is 2.59 bits per heavy atom. The third-order valence-electron chi connectivity index (χ3n) is 5.09. The molecule has 0 spiro atoms. The lowest BCUT2D eigenvalue weighted by molar-refractivity contribution is -0.144. The number of amides is 1. The summed E-state index contributed by atoms with van der Waals surface area (Å²) in [6, 6.07) is 10.8. The molecule has 5 aromatic rings. The number of rotatable bonds is 4. The lowest BCUT2D eigenvalue weighted by atomic mass is 10.2. The second-order valence-corrected chi connectivity index (χ2v) is 7.24. The molecule has 0 atom stereocenters. The van der Waals surface area contributed by atoms with Crippen molar-refractivity contribution in [1.29, 1.82) is 0 Å². The van der Waals surface area contributed by atoms with Crippen molar-refractivity contribution in [2.75, 3.05) is 7.11 Å². The Morgan fingerprint density at radius 1 is 1.09 bits per heavy atom. The number of ether oxygens (including phenoxy) is 1. The molecule has 13 heteroatoms. The van der Waals surface area contributed by atoms with E-state index in [1.165, 1.54) is 29.9 Å². The van der Waals surface area contributed by atoms with Crippen LogP contribution in [0.5, 0.6) is 5.75 Å². The Balaban J connectivity index is 1.75. The van der Waals surface area contributed by atoms with E-state index >= 15 is 0 Å². The fourth-order valence-electron chi connectivity index (χ4n) is 3.56. The molecule has 2 aromatic carbocycles. The Morgan fingerprint density at radius 2 is 1.88 bits per heavy atom. The Bertz CT molecular complexity index is 1650. The molecule has 0 bridgehead atoms. The second-order valence-electron chi connectivity index (χ2n) is 7.24. The van der Waals surface area contributed by atoms with E-state index in [0.29, 0.717) is 11.4 Å². The van der Waals surface area contributed by atoms with Gasteiger partial charge in [0.25, 0.3) is 5.91 Å². The number of hydrogen-bond acceptors (Lipinski definition) is 6. The van der Waals surface area contributed by atoms with Crippen LogP contribution >= 0.6 is 0 Å². The molecule has 5 rings (SSSR count). The monoisotopic (exact) mass is 469 g/mol. The number of methoxy groups -OCH3 is 1. The van der Waals surface area contributed by atoms with Gasteiger partial charge in [0.15, 0.2) is 17.2 Å². The first-order valence-corrected chi connectivity index (χ1v) is 9.70. The average molecular weight is 469 g/mol. The first-order valence-electron chi connectivity index (χ1n) is 9.70. The normalized spacial score (nSPS) is 11.9. The maximum atomic E-state index is 13.0. The molecule has 3 aromatic heterocycles. The number of primary amides is 1. The van der Waals surface area contributed by atoms with E-state index in [-0.39, 0.29) is 39.3 Å². The maximum Gasteiger partial charge on any atom is 0.449 e. The standard InChI is InChI=1S/C21H14F3N7O3/c1-34-11-4-2-3-10(8-11)31-18-15(29-20(31)33)14(16(25)32)28-17(30-18)9-5-6-12-13(7-9)27-19(26-12)21(22,23)24/h2-8H,1H3,(H2,25,32)(H,26,27)(H,29,33). The van der Waals surface area contributed by atoms with Gasteiger partial charge in [0.2, 0.25) is 5.82 Å². The van der Waals surface area contributed by atoms with Gasteiger partial charge < -0.3 is 20.4 Å². The third kappa shape index (κ3) is 3.43. The van der Waals surface area contributed by atoms with Crippen LogP contribution in [0.2, 0.25) is 0 Å². The van der Waals surface area contributed by atoms with Gasteiger partial charge in [0.05, 0.1) is 23.8 Å². The number of nitrogens with two attached hydrogens (primary N) is 1. The van der Waals surface area contributed by atoms with Crippen molar-refractivity contribution in [1.82, 2.24) is 29.5 Å². The van der Waals surface area contributed by atoms with Crippen LogP contribution in [0.3, 0.4) is 0 Å². The average Bonchev–Trinajstić information content (AvgIpc) is 3.38. The zero-order valence-electron chi connectivity index (χ0n) is 17.3. The number of carbonyl (C=O) groups excluding carboxylic acids is 1. The summed E-state index contributed by atoms with van der Waals surface area (Å²) in [5.41, 5.74) is 5.56. The largest absolute Gasteiger partial charge is 0.497 e. The van der Waals surface area contributed by atoms with Gasteiger partial charge in [0.1, 0.15) is 11.3 Å². The molecule has 1 amide bonds. The highest BCUT2D eigenvalue weighted by molar-refractivity contribution is 6.02. The summed E-state index contributed by atoms with van der Waals surface area (Å²) in [6.07, 6.45) is -4.65. The van der Waals surface area contributed by atoms with Crippen LogP contribution in [-0.4, -0.2) is 42.5 Å². The predicted molar refractivity (Wildman–Crippen MR) is 115 cm³/mol. The first kappa shape index (κ1) is 21.2. The minimum Gasteiger partial charge on any atom is -0.497 e. The summed E-state index contributed by atoms with van der Waals surface area (Å²) in [5, 5.41) is 0. The van der Waals surface area contributed by atoms with E-state index in [0.717, 1.165) is 0 Å². The number of nitrogens with zero attached hydrogens (tertiary/aromatic N) is 4. The van der Waals surface area contributed by atoms with Gasteiger partial charge in [-0.15, -0.1) is 0 Å². The van der Waals surface area contributed by atoms with Crippen molar-refractivity contribution < 1.29 is 22.7 Å². The van der Waals surface area contributed by atoms with Crippen molar-refractivity contribution in [2.24, 2.45) is 5.73 Å². The lowest BCUT2D eigenvalue weighted by Gasteiger charge is -2.08. The zero-order chi connectivity index (χ0) is 24.2. The quantitative estimate of drug-likeness (QED) is 0.369. The summed E-state index contributed by atoms with van der Waals surface area (Å²) in [5.74, 6) is -1.61. The van der Waals surface area contributed by atoms with Crippen molar-refractivity contribution in [2.45, 2.75) is 6.18 Å². The molecule has 10 nitrogen and oxygen atoms in total. The van der Waals surface area contributed by atoms with Crippen LogP contribution in [-0.2, 0) is 6.18 Å². The predicted octanol–water partition coefficient (Wildman–Crippen LogP) is 2.78. The highest BCUT2D eigenvalue weighted by Crippen LogP contribution is 2.30. The molecule has 0 unspecified atom stereocenters. The molecule has 34 heavy (non-hydrogen) atoms. The number of alkyl halides is 3. The fourth-order valence-corrected chi connectivity index (χ4v) is 3.56. The highest BCUT2D eigenvalue weighted by atomic mass is 19.4. The molecule has 0 aliphatic heterocycles. The molecule has 172 valence electrons. The number of hydrogen-bond donors (Lipinski definition) is 3. The van der Waals surface area contributed by atoms with E-state index < -0.39 is 23.6 Å². The second kappa shape index (κ2) is 7.43. The molecule has 0 saturated carbocycles. The minimum atomic E-state index is -4.65. The van der Waals surface area contributed by atoms with Crippen LogP contribution in [0.4, 0.5) is 13.2 Å². The number of aromatic nitrogens is 6. The van der Waals surface area contributed by atoms with Gasteiger partial charge in [-0.2, -0.15) is 13.2 Å². The summed E-state index contributed by atoms with van der Waals surface area (Å²) < 4.78 is 45.5. The number of halogens is 3. The van der Waals surface area contributed by atoms with Gasteiger partial charge in [-0.05, 0) is 30.3 Å². The third-order valence-corrected chi connectivity index (χ3v) is 5.09. The number of fused-ring (bicyclic) bond motifs is 2. The summed E-state index contributed by atoms with van der Waals surface area (Å²) in [6.45, 7) is 0. The van der Waals surface area contributed by atoms with Gasteiger partial charge in [-0.1, -0.05) is 6.07 Å². The molecule has 0 aliphatic carbocycles. The Hall–Kier alpha value is -4.68. The number of aromatic amines is 2. The van der Waals surface area contributed by atoms with Gasteiger partial charge >= 0.3 is 11.9 Å². The summed E-state index contributed by atoms with van der Waals surface area (Å²) >= 11 is 0. The van der Waals surface area contributed by atoms with Crippen molar-refractivity contribution >= 4 is 28.1 Å². The van der Waals surface area contributed by atoms with Gasteiger partial charge in [0, 0.05) is 11.6 Å². The van der Waals surface area contributed by atoms with Crippen molar-refractivity contribution in [3.05, 3.63) is 64.5 Å². The van der Waals surface area contributed by atoms with E-state index in [1.54, 1.807) is 24.3 Å². The number of nitrogens with one attached hydrogen (secondary N) is 2. The van der Waals surface area contributed by atoms with Crippen molar-refractivity contribution in [3.63, 3.8) is 0 Å². The van der Waals surface area contributed by atoms with Gasteiger partial charge in [-0.3, -0.25) is 4.79 Å². The summed E-state index contributed by atoms with van der Waals surface area (Å²) in [4.78, 5) is 41.8. The van der Waals surface area contributed by atoms with Crippen LogP contribution in [0.15, 0.2) is 47.3 Å². The molecule has 0 fully saturated rings. The number of H-pyrrole nitrogens is 2. The summed E-state index contributed by atoms with van der Waals surface area (Å²) in [7, 11) is 1.47. The Labute approximate surface area is 187 Å². The van der Waals surface area contributed by atoms with Crippen LogP contribution in [0.1, 0.15) is 16.3 Å². The maximum absolute atomic E-state index is 13.0. The molecule has 0 aliphatic rings. The van der Waals surface area contributed by atoms with Gasteiger partial charge in [-0.25, -0.2) is 24.3 Å². The van der Waals surface area contributed by atoms with E-state index in [1.807, 2.05) is 0 Å².